The first kappa shape index (κ1) is 26.9. The second-order valence-electron chi connectivity index (χ2n) is 5.63. The summed E-state index contributed by atoms with van der Waals surface area (Å²) >= 11 is 0. The van der Waals surface area contributed by atoms with E-state index in [4.69, 9.17) is 19.3 Å². The van der Waals surface area contributed by atoms with Crippen LogP contribution in [0, 0.1) is 0 Å². The Morgan fingerprint density at radius 2 is 2.03 bits per heavy atom. The van der Waals surface area contributed by atoms with E-state index in [1.165, 1.54) is 27.8 Å². The summed E-state index contributed by atoms with van der Waals surface area (Å²) < 4.78 is 58.5. The van der Waals surface area contributed by atoms with Crippen LogP contribution in [0.4, 0.5) is 0 Å². The van der Waals surface area contributed by atoms with Gasteiger partial charge in [0, 0.05) is 23.2 Å². The van der Waals surface area contributed by atoms with Gasteiger partial charge < -0.3 is 19.3 Å². The lowest BCUT2D eigenvalue weighted by Crippen LogP contribution is -2.31. The summed E-state index contributed by atoms with van der Waals surface area (Å²) in [5, 5.41) is 0. The lowest BCUT2D eigenvalue weighted by atomic mass is 10.2. The van der Waals surface area contributed by atoms with Gasteiger partial charge in [-0.05, 0) is 14.9 Å². The summed E-state index contributed by atoms with van der Waals surface area (Å²) in [6.07, 6.45) is 0.576. The molecule has 1 fully saturated rings. The van der Waals surface area contributed by atoms with Gasteiger partial charge in [0.15, 0.2) is 0 Å². The predicted octanol–water partition coefficient (Wildman–Crippen LogP) is 1.08. The number of nitrogens with zero attached hydrogens (tertiary/aromatic N) is 1. The van der Waals surface area contributed by atoms with Gasteiger partial charge >= 0.3 is 29.6 Å². The largest absolute Gasteiger partial charge is 0.719 e. The molecule has 0 radical (unpaired) electrons. The number of hydrogen-bond donors (Lipinski definition) is 4. The van der Waals surface area contributed by atoms with Crippen LogP contribution in [0.15, 0.2) is 21.9 Å². The van der Waals surface area contributed by atoms with E-state index in [0.717, 1.165) is 10.6 Å². The van der Waals surface area contributed by atoms with Gasteiger partial charge in [-0.2, -0.15) is 0 Å². The van der Waals surface area contributed by atoms with Crippen LogP contribution >= 0.6 is 45.5 Å². The van der Waals surface area contributed by atoms with Crippen molar-refractivity contribution in [3.63, 3.8) is 0 Å². The van der Waals surface area contributed by atoms with E-state index in [1.54, 1.807) is 0 Å². The van der Waals surface area contributed by atoms with Crippen LogP contribution in [0.25, 0.3) is 0 Å². The molecule has 0 aromatic carbocycles. The molecule has 3 unspecified atom stereocenters. The molecular formula is C11H18N2O13P3S2+. The molecular weight excluding hydrogens is 525 g/mol. The highest BCUT2D eigenvalue weighted by Gasteiger charge is 2.45. The topological polar surface area (TPSA) is 213 Å². The molecule has 2 heterocycles. The van der Waals surface area contributed by atoms with Crippen molar-refractivity contribution < 1.29 is 51.0 Å². The first-order chi connectivity index (χ1) is 14.4. The highest BCUT2D eigenvalue weighted by Crippen LogP contribution is 2.58. The molecule has 176 valence electrons. The highest BCUT2D eigenvalue weighted by molar-refractivity contribution is 8.76. The van der Waals surface area contributed by atoms with Crippen LogP contribution in [0.5, 0.6) is 0 Å². The maximum Gasteiger partial charge on any atom is 0.719 e. The van der Waals surface area contributed by atoms with Crippen molar-refractivity contribution >= 4 is 45.5 Å². The SMILES string of the molecule is CSSCO[C@H]1CC(n2ccc(=O)[nH]c2=O)O[C@@H]1COP(=O)(O)O[P+](=O)OP(=O)(O)O. The number of ether oxygens (including phenoxy) is 2. The molecule has 2 rings (SSSR count). The van der Waals surface area contributed by atoms with Crippen LogP contribution < -0.4 is 11.2 Å². The van der Waals surface area contributed by atoms with Gasteiger partial charge in [-0.1, -0.05) is 21.6 Å². The van der Waals surface area contributed by atoms with Crippen molar-refractivity contribution in [2.24, 2.45) is 0 Å². The Labute approximate surface area is 183 Å². The fraction of sp³-hybridized carbons (Fsp3) is 0.636. The maximum absolute atomic E-state index is 12.0. The number of rotatable bonds is 12. The van der Waals surface area contributed by atoms with Gasteiger partial charge in [0.2, 0.25) is 0 Å². The van der Waals surface area contributed by atoms with Gasteiger partial charge in [0.25, 0.3) is 5.56 Å². The molecule has 0 aliphatic carbocycles. The van der Waals surface area contributed by atoms with Crippen LogP contribution in [-0.4, -0.2) is 55.2 Å². The summed E-state index contributed by atoms with van der Waals surface area (Å²) in [6, 6.07) is 1.11. The average Bonchev–Trinajstić information content (AvgIpc) is 3.01. The molecule has 1 aromatic rings. The van der Waals surface area contributed by atoms with E-state index < -0.39 is 60.2 Å². The van der Waals surface area contributed by atoms with Gasteiger partial charge in [0.05, 0.1) is 12.7 Å². The van der Waals surface area contributed by atoms with E-state index in [1.807, 2.05) is 6.26 Å². The Hall–Kier alpha value is -0.380. The third-order valence-electron chi connectivity index (χ3n) is 3.53. The van der Waals surface area contributed by atoms with Crippen molar-refractivity contribution in [3.8, 4) is 0 Å². The Kier molecular flexibility index (Phi) is 10.1. The molecule has 5 atom stereocenters. The summed E-state index contributed by atoms with van der Waals surface area (Å²) in [5.41, 5.74) is -1.34. The first-order valence-electron chi connectivity index (χ1n) is 8.04. The minimum atomic E-state index is -5.23. The summed E-state index contributed by atoms with van der Waals surface area (Å²) in [5.74, 6) is 0.216. The maximum atomic E-state index is 12.0. The molecule has 0 amide bonds. The van der Waals surface area contributed by atoms with Crippen molar-refractivity contribution in [1.29, 1.82) is 0 Å². The number of phosphoric ester groups is 1. The number of aromatic nitrogens is 2. The molecule has 0 spiro atoms. The Morgan fingerprint density at radius 1 is 1.32 bits per heavy atom. The van der Waals surface area contributed by atoms with Crippen molar-refractivity contribution in [2.75, 3.05) is 18.8 Å². The summed E-state index contributed by atoms with van der Waals surface area (Å²) in [6.45, 7) is -0.629. The molecule has 0 bridgehead atoms. The van der Waals surface area contributed by atoms with Gasteiger partial charge in [0.1, 0.15) is 18.3 Å². The smallest absolute Gasteiger partial charge is 0.364 e. The molecule has 15 nitrogen and oxygen atoms in total. The fourth-order valence-corrected chi connectivity index (χ4v) is 5.45. The third-order valence-corrected chi connectivity index (χ3v) is 8.22. The molecule has 0 saturated carbocycles. The standard InChI is InChI=1S/C11H17N2O13P3S2/c1-30-31-6-22-7-4-10(13-3-2-9(14)12-11(13)15)24-8(7)5-23-29(20,21)26-27(16)25-28(17,18)19/h2-3,7-8,10H,4-6H2,1H3,(H3-,12,14,15,17,18,19,20,21)/p+1/t7-,8+,10?/m0/s1. The van der Waals surface area contributed by atoms with Crippen molar-refractivity contribution in [2.45, 2.75) is 24.9 Å². The molecule has 1 aliphatic rings. The number of hydrogen-bond acceptors (Lipinski definition) is 12. The monoisotopic (exact) mass is 543 g/mol. The molecule has 1 saturated heterocycles. The second-order valence-corrected chi connectivity index (χ2v) is 12.1. The van der Waals surface area contributed by atoms with Gasteiger partial charge in [-0.25, -0.2) is 13.9 Å². The van der Waals surface area contributed by atoms with E-state index in [2.05, 4.69) is 18.1 Å². The summed E-state index contributed by atoms with van der Waals surface area (Å²) in [4.78, 5) is 51.9. The average molecular weight is 543 g/mol. The van der Waals surface area contributed by atoms with E-state index in [0.29, 0.717) is 0 Å². The fourth-order valence-electron chi connectivity index (χ4n) is 2.39. The normalized spacial score (nSPS) is 24.1. The third kappa shape index (κ3) is 9.18. The first-order valence-corrected chi connectivity index (χ1v) is 14.9. The van der Waals surface area contributed by atoms with Crippen LogP contribution in [0.2, 0.25) is 0 Å². The van der Waals surface area contributed by atoms with Crippen LogP contribution in [0.3, 0.4) is 0 Å². The molecule has 20 heteroatoms. The van der Waals surface area contributed by atoms with E-state index >= 15 is 0 Å². The summed E-state index contributed by atoms with van der Waals surface area (Å²) in [7, 11) is -11.2. The van der Waals surface area contributed by atoms with E-state index in [9.17, 15) is 28.2 Å². The van der Waals surface area contributed by atoms with Gasteiger partial charge in [-0.15, -0.1) is 0 Å². The number of H-pyrrole nitrogens is 1. The Bertz CT molecular complexity index is 980. The second kappa shape index (κ2) is 11.7. The zero-order valence-electron chi connectivity index (χ0n) is 15.5. The number of aromatic amines is 1. The molecule has 4 N–H and O–H groups in total. The van der Waals surface area contributed by atoms with Crippen LogP contribution in [-0.2, 0) is 36.3 Å². The Balaban J connectivity index is 2.05. The number of nitrogens with one attached hydrogen (secondary N) is 1. The molecule has 31 heavy (non-hydrogen) atoms. The number of phosphoric acid groups is 2. The highest BCUT2D eigenvalue weighted by atomic mass is 33.1. The van der Waals surface area contributed by atoms with Crippen molar-refractivity contribution in [3.05, 3.63) is 33.1 Å². The Morgan fingerprint density at radius 3 is 2.65 bits per heavy atom. The molecule has 1 aromatic heterocycles. The van der Waals surface area contributed by atoms with Gasteiger partial charge in [-0.3, -0.25) is 23.8 Å². The van der Waals surface area contributed by atoms with Crippen LogP contribution in [0.1, 0.15) is 12.6 Å². The quantitative estimate of drug-likeness (QED) is 0.126. The lowest BCUT2D eigenvalue weighted by molar-refractivity contribution is -0.0540. The van der Waals surface area contributed by atoms with E-state index in [-0.39, 0.29) is 12.4 Å². The minimum Gasteiger partial charge on any atom is -0.364 e. The zero-order chi connectivity index (χ0) is 23.2. The van der Waals surface area contributed by atoms with Crippen molar-refractivity contribution in [1.82, 2.24) is 9.55 Å². The molecule has 1 aliphatic heterocycles. The lowest BCUT2D eigenvalue weighted by Gasteiger charge is -2.18. The minimum absolute atomic E-state index is 0.126. The zero-order valence-corrected chi connectivity index (χ0v) is 19.9. The predicted molar refractivity (Wildman–Crippen MR) is 108 cm³/mol.